The van der Waals surface area contributed by atoms with Gasteiger partial charge in [-0.05, 0) is 0 Å². The van der Waals surface area contributed by atoms with Gasteiger partial charge in [0.15, 0.2) is 0 Å². The Hall–Kier alpha value is -0.600. The second-order valence-electron chi connectivity index (χ2n) is 0.197. The number of amides is 1. The van der Waals surface area contributed by atoms with Gasteiger partial charge in [0.05, 0.1) is 0 Å². The van der Waals surface area contributed by atoms with Gasteiger partial charge < -0.3 is 0 Å². The normalized spacial score (nSPS) is 5.25. The van der Waals surface area contributed by atoms with E-state index in [9.17, 15) is 4.48 Å². The SMILES string of the molecule is O=[C]NF. The monoisotopic (exact) mass is 62.0 g/mol. The predicted octanol–water partition coefficient (Wildman–Crippen LogP) is -0.472. The van der Waals surface area contributed by atoms with Crippen LogP contribution in [0.4, 0.5) is 4.48 Å². The van der Waals surface area contributed by atoms with Gasteiger partial charge >= 0.3 is 6.41 Å². The quantitative estimate of drug-likeness (QED) is 0.323. The third-order valence-electron chi connectivity index (χ3n) is 0.0386. The molecule has 0 aromatic carbocycles. The minimum atomic E-state index is 0.625. The topological polar surface area (TPSA) is 29.1 Å². The van der Waals surface area contributed by atoms with Gasteiger partial charge in [-0.3, -0.25) is 4.79 Å². The molecular weight excluding hydrogens is 61.0 g/mol. The van der Waals surface area contributed by atoms with E-state index in [1.165, 1.54) is 0 Å². The van der Waals surface area contributed by atoms with Crippen LogP contribution in [-0.4, -0.2) is 6.41 Å². The van der Waals surface area contributed by atoms with Gasteiger partial charge in [-0.2, -0.15) is 5.54 Å². The smallest absolute Gasteiger partial charge is 0.261 e. The molecule has 0 bridgehead atoms. The van der Waals surface area contributed by atoms with Crippen molar-refractivity contribution in [2.75, 3.05) is 0 Å². The van der Waals surface area contributed by atoms with Crippen molar-refractivity contribution in [1.82, 2.24) is 5.54 Å². The van der Waals surface area contributed by atoms with Crippen molar-refractivity contribution in [3.05, 3.63) is 0 Å². The van der Waals surface area contributed by atoms with Crippen molar-refractivity contribution in [2.24, 2.45) is 0 Å². The van der Waals surface area contributed by atoms with Crippen LogP contribution in [0.3, 0.4) is 0 Å². The van der Waals surface area contributed by atoms with Crippen LogP contribution < -0.4 is 5.54 Å². The summed E-state index contributed by atoms with van der Waals surface area (Å²) in [5.41, 5.74) is 0.625. The van der Waals surface area contributed by atoms with Gasteiger partial charge in [0.2, 0.25) is 0 Å². The molecule has 0 aromatic rings. The summed E-state index contributed by atoms with van der Waals surface area (Å²) in [6, 6.07) is 0. The van der Waals surface area contributed by atoms with E-state index < -0.39 is 0 Å². The molecule has 2 nitrogen and oxygen atoms in total. The zero-order chi connectivity index (χ0) is 3.41. The van der Waals surface area contributed by atoms with Crippen LogP contribution in [0.15, 0.2) is 0 Å². The van der Waals surface area contributed by atoms with Crippen LogP contribution in [0.25, 0.3) is 0 Å². The molecule has 0 aliphatic heterocycles. The molecule has 3 heteroatoms. The van der Waals surface area contributed by atoms with Gasteiger partial charge in [0.25, 0.3) is 0 Å². The Morgan fingerprint density at radius 3 is 2.25 bits per heavy atom. The van der Waals surface area contributed by atoms with Crippen LogP contribution in [0.5, 0.6) is 0 Å². The number of carbonyl (C=O) groups excluding carboxylic acids is 1. The van der Waals surface area contributed by atoms with Crippen LogP contribution in [0.1, 0.15) is 0 Å². The molecular formula is CHFNO. The average molecular weight is 62.0 g/mol. The molecule has 0 saturated heterocycles. The summed E-state index contributed by atoms with van der Waals surface area (Å²) >= 11 is 0. The lowest BCUT2D eigenvalue weighted by molar-refractivity contribution is 0.403. The molecule has 1 amide bonds. The molecule has 0 atom stereocenters. The Balaban J connectivity index is 2.30. The summed E-state index contributed by atoms with van der Waals surface area (Å²) in [5, 5.41) is 0. The van der Waals surface area contributed by atoms with E-state index in [0.717, 1.165) is 6.41 Å². The average Bonchev–Trinajstić information content (AvgIpc) is 1.37. The highest BCUT2D eigenvalue weighted by molar-refractivity contribution is 5.44. The highest BCUT2D eigenvalue weighted by Crippen LogP contribution is 1.28. The van der Waals surface area contributed by atoms with Crippen LogP contribution in [0, 0.1) is 0 Å². The van der Waals surface area contributed by atoms with Gasteiger partial charge in [0, 0.05) is 0 Å². The first-order valence-electron chi connectivity index (χ1n) is 0.643. The Morgan fingerprint density at radius 1 is 2.00 bits per heavy atom. The Kier molecular flexibility index (Phi) is 2.04. The van der Waals surface area contributed by atoms with Gasteiger partial charge in [-0.1, -0.05) is 4.48 Å². The molecule has 23 valence electrons. The fourth-order valence-corrected chi connectivity index (χ4v) is 0. The summed E-state index contributed by atoms with van der Waals surface area (Å²) in [6.45, 7) is 0. The van der Waals surface area contributed by atoms with E-state index in [4.69, 9.17) is 4.79 Å². The first-order valence-corrected chi connectivity index (χ1v) is 0.643. The van der Waals surface area contributed by atoms with Crippen molar-refractivity contribution in [3.63, 3.8) is 0 Å². The highest BCUT2D eigenvalue weighted by atomic mass is 19.2. The molecule has 0 aromatic heterocycles. The van der Waals surface area contributed by atoms with Crippen molar-refractivity contribution < 1.29 is 9.28 Å². The van der Waals surface area contributed by atoms with Crippen molar-refractivity contribution >= 4 is 6.41 Å². The zero-order valence-corrected chi connectivity index (χ0v) is 1.79. The Bertz CT molecular complexity index is 22.0. The van der Waals surface area contributed by atoms with Crippen LogP contribution in [0.2, 0.25) is 0 Å². The number of hydrogen-bond donors (Lipinski definition) is 1. The standard InChI is InChI=1S/CHFNO/c2-3-1-4/h(H,3,4). The number of nitrogens with one attached hydrogen (secondary N) is 1. The van der Waals surface area contributed by atoms with Crippen molar-refractivity contribution in [2.45, 2.75) is 0 Å². The van der Waals surface area contributed by atoms with E-state index in [2.05, 4.69) is 0 Å². The molecule has 0 saturated carbocycles. The number of halogens is 1. The first-order chi connectivity index (χ1) is 1.91. The zero-order valence-electron chi connectivity index (χ0n) is 1.79. The summed E-state index contributed by atoms with van der Waals surface area (Å²) in [7, 11) is 0. The Morgan fingerprint density at radius 2 is 2.25 bits per heavy atom. The van der Waals surface area contributed by atoms with Gasteiger partial charge in [-0.15, -0.1) is 0 Å². The Labute approximate surface area is 22.6 Å². The first kappa shape index (κ1) is 3.40. The fraction of sp³-hybridized carbons (Fsp3) is 0. The van der Waals surface area contributed by atoms with Gasteiger partial charge in [-0.25, -0.2) is 0 Å². The second kappa shape index (κ2) is 2.40. The fourth-order valence-electron chi connectivity index (χ4n) is 0. The van der Waals surface area contributed by atoms with Crippen LogP contribution >= 0.6 is 0 Å². The molecule has 1 N–H and O–H groups in total. The highest BCUT2D eigenvalue weighted by Gasteiger charge is 1.53. The lowest BCUT2D eigenvalue weighted by Gasteiger charge is -1.54. The molecule has 1 radical (unpaired) electrons. The lowest BCUT2D eigenvalue weighted by Crippen LogP contribution is -1.89. The van der Waals surface area contributed by atoms with Gasteiger partial charge in [0.1, 0.15) is 0 Å². The second-order valence-corrected chi connectivity index (χ2v) is 0.197. The van der Waals surface area contributed by atoms with E-state index in [1.807, 2.05) is 0 Å². The number of rotatable bonds is 1. The van der Waals surface area contributed by atoms with E-state index in [1.54, 1.807) is 0 Å². The number of hydrogen-bond acceptors (Lipinski definition) is 1. The summed E-state index contributed by atoms with van der Waals surface area (Å²) in [6.07, 6.45) is 0.764. The van der Waals surface area contributed by atoms with E-state index in [-0.39, 0.29) is 0 Å². The third-order valence-corrected chi connectivity index (χ3v) is 0.0386. The maximum absolute atomic E-state index is 10.0. The molecule has 0 rings (SSSR count). The summed E-state index contributed by atoms with van der Waals surface area (Å²) in [5.74, 6) is 0. The molecule has 0 heterocycles. The van der Waals surface area contributed by atoms with Crippen LogP contribution in [-0.2, 0) is 4.79 Å². The molecule has 0 fully saturated rings. The summed E-state index contributed by atoms with van der Waals surface area (Å²) < 4.78 is 10.0. The van der Waals surface area contributed by atoms with Crippen molar-refractivity contribution in [3.8, 4) is 0 Å². The molecule has 0 spiro atoms. The van der Waals surface area contributed by atoms with E-state index in [0.29, 0.717) is 5.54 Å². The minimum absolute atomic E-state index is 0.625. The molecule has 0 aliphatic rings. The minimum Gasteiger partial charge on any atom is -0.261 e. The maximum atomic E-state index is 10.0. The summed E-state index contributed by atoms with van der Waals surface area (Å²) in [4.78, 5) is 8.56. The molecule has 4 heavy (non-hydrogen) atoms. The molecule has 0 unspecified atom stereocenters. The lowest BCUT2D eigenvalue weighted by atomic mass is 11.5. The maximum Gasteiger partial charge on any atom is 0.339 e. The van der Waals surface area contributed by atoms with E-state index >= 15 is 0 Å². The molecule has 0 aliphatic carbocycles. The van der Waals surface area contributed by atoms with Crippen molar-refractivity contribution in [1.29, 1.82) is 0 Å². The predicted molar refractivity (Wildman–Crippen MR) is 9.94 cm³/mol. The largest absolute Gasteiger partial charge is 0.339 e. The third kappa shape index (κ3) is 1.40.